The van der Waals surface area contributed by atoms with E-state index in [2.05, 4.69) is 10.1 Å². The fraction of sp³-hybridized carbons (Fsp3) is 0.714. The van der Waals surface area contributed by atoms with Crippen LogP contribution >= 0.6 is 0 Å². The van der Waals surface area contributed by atoms with Crippen molar-refractivity contribution in [1.29, 1.82) is 5.41 Å². The second-order valence-corrected chi connectivity index (χ2v) is 5.52. The Bertz CT molecular complexity index is 491. The molecule has 24 heavy (non-hydrogen) atoms. The summed E-state index contributed by atoms with van der Waals surface area (Å²) in [7, 11) is 1.24. The maximum Gasteiger partial charge on any atom is 0.427 e. The van der Waals surface area contributed by atoms with Crippen LogP contribution in [0.15, 0.2) is 0 Å². The predicted molar refractivity (Wildman–Crippen MR) is 77.7 cm³/mol. The van der Waals surface area contributed by atoms with Gasteiger partial charge in [0.25, 0.3) is 0 Å². The van der Waals surface area contributed by atoms with Gasteiger partial charge in [0.2, 0.25) is 11.5 Å². The predicted octanol–water partition coefficient (Wildman–Crippen LogP) is 1.39. The summed E-state index contributed by atoms with van der Waals surface area (Å²) in [5.74, 6) is -2.71. The number of carbonyl (C=O) groups excluding carboxylic acids is 3. The SMILES string of the molecule is CO[C@@H](C)C(=O)N[C@@H](CCC(=O)C=N)C(=O)OC(C)(C)C(F)(F)F. The van der Waals surface area contributed by atoms with Gasteiger partial charge < -0.3 is 20.2 Å². The Labute approximate surface area is 137 Å². The number of carbonyl (C=O) groups is 3. The number of hydrogen-bond acceptors (Lipinski definition) is 6. The van der Waals surface area contributed by atoms with E-state index < -0.39 is 41.6 Å². The number of methoxy groups -OCH3 is 1. The number of alkyl halides is 3. The van der Waals surface area contributed by atoms with Crippen molar-refractivity contribution in [2.75, 3.05) is 7.11 Å². The highest BCUT2D eigenvalue weighted by Gasteiger charge is 2.51. The van der Waals surface area contributed by atoms with Crippen LogP contribution in [-0.2, 0) is 23.9 Å². The van der Waals surface area contributed by atoms with Crippen LogP contribution in [0.1, 0.15) is 33.6 Å². The van der Waals surface area contributed by atoms with Crippen molar-refractivity contribution in [3.05, 3.63) is 0 Å². The first-order valence-electron chi connectivity index (χ1n) is 7.01. The van der Waals surface area contributed by atoms with Gasteiger partial charge in [-0.15, -0.1) is 0 Å². The minimum absolute atomic E-state index is 0.302. The van der Waals surface area contributed by atoms with E-state index in [-0.39, 0.29) is 12.8 Å². The van der Waals surface area contributed by atoms with Gasteiger partial charge in [-0.2, -0.15) is 13.2 Å². The average molecular weight is 354 g/mol. The van der Waals surface area contributed by atoms with Crippen molar-refractivity contribution >= 4 is 23.9 Å². The number of ether oxygens (including phenoxy) is 2. The summed E-state index contributed by atoms with van der Waals surface area (Å²) in [4.78, 5) is 34.9. The van der Waals surface area contributed by atoms with Gasteiger partial charge in [-0.1, -0.05) is 0 Å². The van der Waals surface area contributed by atoms with Gasteiger partial charge in [0, 0.05) is 13.5 Å². The van der Waals surface area contributed by atoms with E-state index in [0.717, 1.165) is 0 Å². The minimum Gasteiger partial charge on any atom is -0.448 e. The summed E-state index contributed by atoms with van der Waals surface area (Å²) in [5, 5.41) is 8.97. The summed E-state index contributed by atoms with van der Waals surface area (Å²) in [6, 6.07) is -1.47. The normalized spacial score (nSPS) is 14.5. The van der Waals surface area contributed by atoms with Crippen LogP contribution in [0.5, 0.6) is 0 Å². The first-order chi connectivity index (χ1) is 10.9. The summed E-state index contributed by atoms with van der Waals surface area (Å²) >= 11 is 0. The molecule has 0 saturated heterocycles. The largest absolute Gasteiger partial charge is 0.448 e. The topological polar surface area (TPSA) is 106 Å². The van der Waals surface area contributed by atoms with Crippen LogP contribution in [0, 0.1) is 5.41 Å². The highest BCUT2D eigenvalue weighted by molar-refractivity contribution is 6.26. The molecule has 1 amide bonds. The zero-order chi connectivity index (χ0) is 19.1. The lowest BCUT2D eigenvalue weighted by atomic mass is 10.1. The molecule has 0 heterocycles. The third kappa shape index (κ3) is 6.65. The van der Waals surface area contributed by atoms with E-state index >= 15 is 0 Å². The number of nitrogens with one attached hydrogen (secondary N) is 2. The molecule has 2 atom stereocenters. The van der Waals surface area contributed by atoms with E-state index in [1.54, 1.807) is 0 Å². The van der Waals surface area contributed by atoms with E-state index in [1.165, 1.54) is 14.0 Å². The zero-order valence-electron chi connectivity index (χ0n) is 13.8. The van der Waals surface area contributed by atoms with Gasteiger partial charge in [0.15, 0.2) is 5.78 Å². The zero-order valence-corrected chi connectivity index (χ0v) is 13.8. The van der Waals surface area contributed by atoms with Crippen LogP contribution in [0.3, 0.4) is 0 Å². The van der Waals surface area contributed by atoms with Gasteiger partial charge in [0.05, 0.1) is 6.21 Å². The van der Waals surface area contributed by atoms with E-state index in [9.17, 15) is 27.6 Å². The number of rotatable bonds is 9. The smallest absolute Gasteiger partial charge is 0.427 e. The molecule has 0 aromatic carbocycles. The van der Waals surface area contributed by atoms with Crippen LogP contribution in [0.2, 0.25) is 0 Å². The molecule has 0 aromatic heterocycles. The summed E-state index contributed by atoms with van der Waals surface area (Å²) in [5.41, 5.74) is -2.76. The lowest BCUT2D eigenvalue weighted by molar-refractivity contribution is -0.258. The van der Waals surface area contributed by atoms with E-state index in [1.807, 2.05) is 0 Å². The van der Waals surface area contributed by atoms with Crippen molar-refractivity contribution in [1.82, 2.24) is 5.32 Å². The molecule has 0 saturated carbocycles. The lowest BCUT2D eigenvalue weighted by Gasteiger charge is -2.30. The third-order valence-corrected chi connectivity index (χ3v) is 3.20. The van der Waals surface area contributed by atoms with Gasteiger partial charge in [0.1, 0.15) is 12.1 Å². The molecule has 138 valence electrons. The molecule has 2 N–H and O–H groups in total. The monoisotopic (exact) mass is 354 g/mol. The third-order valence-electron chi connectivity index (χ3n) is 3.20. The number of halogens is 3. The molecule has 0 aliphatic rings. The maximum absolute atomic E-state index is 12.8. The van der Waals surface area contributed by atoms with Crippen LogP contribution in [0.25, 0.3) is 0 Å². The summed E-state index contributed by atoms with van der Waals surface area (Å²) < 4.78 is 47.6. The number of ketones is 1. The first-order valence-corrected chi connectivity index (χ1v) is 7.01. The number of Topliss-reactive ketones (excluding diaryl/α,β-unsaturated/α-hetero) is 1. The van der Waals surface area contributed by atoms with Crippen molar-refractivity contribution < 1.29 is 37.0 Å². The molecule has 0 spiro atoms. The minimum atomic E-state index is -4.80. The molecule has 0 fully saturated rings. The molecule has 0 aliphatic heterocycles. The van der Waals surface area contributed by atoms with Crippen molar-refractivity contribution in [3.63, 3.8) is 0 Å². The quantitative estimate of drug-likeness (QED) is 0.481. The van der Waals surface area contributed by atoms with Crippen molar-refractivity contribution in [2.45, 2.75) is 57.5 Å². The highest BCUT2D eigenvalue weighted by Crippen LogP contribution is 2.33. The average Bonchev–Trinajstić information content (AvgIpc) is 2.47. The Kier molecular flexibility index (Phi) is 8.04. The number of hydrogen-bond donors (Lipinski definition) is 2. The molecule has 7 nitrogen and oxygen atoms in total. The van der Waals surface area contributed by atoms with Crippen LogP contribution in [0.4, 0.5) is 13.2 Å². The Balaban J connectivity index is 5.15. The van der Waals surface area contributed by atoms with Gasteiger partial charge >= 0.3 is 12.1 Å². The molecular weight excluding hydrogens is 333 g/mol. The Morgan fingerprint density at radius 3 is 2.21 bits per heavy atom. The van der Waals surface area contributed by atoms with Gasteiger partial charge in [-0.05, 0) is 27.2 Å². The fourth-order valence-electron chi connectivity index (χ4n) is 1.38. The molecule has 0 unspecified atom stereocenters. The van der Waals surface area contributed by atoms with Crippen molar-refractivity contribution in [2.24, 2.45) is 0 Å². The van der Waals surface area contributed by atoms with Crippen molar-refractivity contribution in [3.8, 4) is 0 Å². The second-order valence-electron chi connectivity index (χ2n) is 5.52. The Hall–Kier alpha value is -1.97. The standard InChI is InChI=1S/C14H21F3N2O5/c1-8(23-4)11(21)19-10(6-5-9(20)7-18)12(22)24-13(2,3)14(15,16)17/h7-8,10,18H,5-6H2,1-4H3,(H,19,21)/t8-,10-/m0/s1. The molecule has 0 rings (SSSR count). The molecule has 0 radical (unpaired) electrons. The lowest BCUT2D eigenvalue weighted by Crippen LogP contribution is -2.51. The van der Waals surface area contributed by atoms with Crippen LogP contribution < -0.4 is 5.32 Å². The van der Waals surface area contributed by atoms with Crippen LogP contribution in [-0.4, -0.2) is 54.9 Å². The number of amides is 1. The van der Waals surface area contributed by atoms with E-state index in [0.29, 0.717) is 20.1 Å². The van der Waals surface area contributed by atoms with Gasteiger partial charge in [-0.25, -0.2) is 4.79 Å². The number of esters is 1. The van der Waals surface area contributed by atoms with E-state index in [4.69, 9.17) is 10.1 Å². The Morgan fingerprint density at radius 1 is 1.25 bits per heavy atom. The molecule has 10 heteroatoms. The molecule has 0 bridgehead atoms. The fourth-order valence-corrected chi connectivity index (χ4v) is 1.38. The molecular formula is C14H21F3N2O5. The molecule has 0 aliphatic carbocycles. The summed E-state index contributed by atoms with van der Waals surface area (Å²) in [6.07, 6.45) is -5.85. The maximum atomic E-state index is 12.8. The highest BCUT2D eigenvalue weighted by atomic mass is 19.4. The first kappa shape index (κ1) is 22.0. The summed E-state index contributed by atoms with van der Waals surface area (Å²) in [6.45, 7) is 2.72. The molecule has 0 aromatic rings. The van der Waals surface area contributed by atoms with Gasteiger partial charge in [-0.3, -0.25) is 9.59 Å². The second kappa shape index (κ2) is 8.76. The Morgan fingerprint density at radius 2 is 1.79 bits per heavy atom.